The number of aliphatic hydroxyl groups is 4. The highest BCUT2D eigenvalue weighted by atomic mass is 16.5. The third-order valence-corrected chi connectivity index (χ3v) is 2.94. The SMILES string of the molecule is COC(C)C(NC(=O)CO)C(O)C(O)C(C)CO. The van der Waals surface area contributed by atoms with Gasteiger partial charge in [0.25, 0.3) is 0 Å². The average molecular weight is 265 g/mol. The van der Waals surface area contributed by atoms with Crippen LogP contribution in [0.3, 0.4) is 0 Å². The van der Waals surface area contributed by atoms with E-state index < -0.39 is 42.8 Å². The van der Waals surface area contributed by atoms with Crippen molar-refractivity contribution in [3.05, 3.63) is 0 Å². The molecule has 108 valence electrons. The van der Waals surface area contributed by atoms with Gasteiger partial charge < -0.3 is 30.5 Å². The van der Waals surface area contributed by atoms with Gasteiger partial charge in [-0.05, 0) is 6.92 Å². The van der Waals surface area contributed by atoms with E-state index in [2.05, 4.69) is 5.32 Å². The van der Waals surface area contributed by atoms with Crippen molar-refractivity contribution in [2.24, 2.45) is 5.92 Å². The second-order valence-electron chi connectivity index (χ2n) is 4.33. The maximum atomic E-state index is 11.2. The number of rotatable bonds is 8. The molecule has 5 atom stereocenters. The standard InChI is InChI=1S/C11H23NO6/c1-6(4-13)10(16)11(17)9(7(2)18-3)12-8(15)5-14/h6-7,9-11,13-14,16-17H,4-5H2,1-3H3,(H,12,15). The summed E-state index contributed by atoms with van der Waals surface area (Å²) < 4.78 is 5.01. The van der Waals surface area contributed by atoms with E-state index in [1.165, 1.54) is 7.11 Å². The second kappa shape index (κ2) is 8.39. The molecule has 0 radical (unpaired) electrons. The largest absolute Gasteiger partial charge is 0.396 e. The first-order valence-electron chi connectivity index (χ1n) is 5.79. The van der Waals surface area contributed by atoms with Crippen LogP contribution < -0.4 is 5.32 Å². The summed E-state index contributed by atoms with van der Waals surface area (Å²) in [5, 5.41) is 39.8. The molecule has 5 N–H and O–H groups in total. The lowest BCUT2D eigenvalue weighted by Gasteiger charge is -2.33. The number of carbonyl (C=O) groups is 1. The minimum absolute atomic E-state index is 0.291. The molecule has 0 spiro atoms. The average Bonchev–Trinajstić information content (AvgIpc) is 2.40. The summed E-state index contributed by atoms with van der Waals surface area (Å²) in [7, 11) is 1.40. The lowest BCUT2D eigenvalue weighted by Crippen LogP contribution is -2.56. The normalized spacial score (nSPS) is 19.7. The van der Waals surface area contributed by atoms with Crippen molar-refractivity contribution in [2.45, 2.75) is 38.2 Å². The summed E-state index contributed by atoms with van der Waals surface area (Å²) in [5.41, 5.74) is 0. The molecule has 0 aliphatic rings. The van der Waals surface area contributed by atoms with Crippen LogP contribution in [0.1, 0.15) is 13.8 Å². The van der Waals surface area contributed by atoms with Gasteiger partial charge in [0.15, 0.2) is 0 Å². The monoisotopic (exact) mass is 265 g/mol. The summed E-state index contributed by atoms with van der Waals surface area (Å²) in [4.78, 5) is 11.2. The summed E-state index contributed by atoms with van der Waals surface area (Å²) >= 11 is 0. The molecule has 0 heterocycles. The number of methoxy groups -OCH3 is 1. The molecule has 0 saturated heterocycles. The molecule has 1 amide bonds. The fraction of sp³-hybridized carbons (Fsp3) is 0.909. The summed E-state index contributed by atoms with van der Waals surface area (Å²) in [6.45, 7) is 2.17. The zero-order valence-corrected chi connectivity index (χ0v) is 10.9. The number of ether oxygens (including phenoxy) is 1. The van der Waals surface area contributed by atoms with Crippen LogP contribution in [0.25, 0.3) is 0 Å². The van der Waals surface area contributed by atoms with Gasteiger partial charge in [-0.2, -0.15) is 0 Å². The molecule has 7 heteroatoms. The van der Waals surface area contributed by atoms with Crippen molar-refractivity contribution >= 4 is 5.91 Å². The highest BCUT2D eigenvalue weighted by Crippen LogP contribution is 2.13. The van der Waals surface area contributed by atoms with Gasteiger partial charge in [0, 0.05) is 19.6 Å². The van der Waals surface area contributed by atoms with Crippen LogP contribution in [-0.2, 0) is 9.53 Å². The third kappa shape index (κ3) is 4.87. The highest BCUT2D eigenvalue weighted by molar-refractivity contribution is 5.77. The smallest absolute Gasteiger partial charge is 0.246 e. The van der Waals surface area contributed by atoms with E-state index in [0.29, 0.717) is 0 Å². The van der Waals surface area contributed by atoms with Gasteiger partial charge in [-0.1, -0.05) is 6.92 Å². The molecule has 5 unspecified atom stereocenters. The van der Waals surface area contributed by atoms with E-state index in [0.717, 1.165) is 0 Å². The highest BCUT2D eigenvalue weighted by Gasteiger charge is 2.34. The van der Waals surface area contributed by atoms with Crippen molar-refractivity contribution in [1.82, 2.24) is 5.32 Å². The van der Waals surface area contributed by atoms with E-state index >= 15 is 0 Å². The van der Waals surface area contributed by atoms with Crippen LogP contribution in [0.2, 0.25) is 0 Å². The van der Waals surface area contributed by atoms with Crippen molar-refractivity contribution in [3.63, 3.8) is 0 Å². The molecular formula is C11H23NO6. The minimum atomic E-state index is -1.31. The number of aliphatic hydroxyl groups excluding tert-OH is 4. The number of carbonyl (C=O) groups excluding carboxylic acids is 1. The van der Waals surface area contributed by atoms with Crippen molar-refractivity contribution < 1.29 is 30.0 Å². The van der Waals surface area contributed by atoms with Crippen LogP contribution in [0.4, 0.5) is 0 Å². The quantitative estimate of drug-likeness (QED) is 0.341. The second-order valence-corrected chi connectivity index (χ2v) is 4.33. The molecule has 0 aliphatic carbocycles. The Morgan fingerprint density at radius 2 is 1.78 bits per heavy atom. The fourth-order valence-electron chi connectivity index (χ4n) is 1.52. The van der Waals surface area contributed by atoms with Gasteiger partial charge >= 0.3 is 0 Å². The Morgan fingerprint density at radius 1 is 1.22 bits per heavy atom. The minimum Gasteiger partial charge on any atom is -0.396 e. The zero-order valence-electron chi connectivity index (χ0n) is 10.9. The topological polar surface area (TPSA) is 119 Å². The van der Waals surface area contributed by atoms with E-state index in [9.17, 15) is 15.0 Å². The van der Waals surface area contributed by atoms with Gasteiger partial charge in [-0.3, -0.25) is 4.79 Å². The van der Waals surface area contributed by atoms with Gasteiger partial charge in [-0.15, -0.1) is 0 Å². The van der Waals surface area contributed by atoms with E-state index in [1.807, 2.05) is 0 Å². The number of hydrogen-bond donors (Lipinski definition) is 5. The Kier molecular flexibility index (Phi) is 8.05. The van der Waals surface area contributed by atoms with Gasteiger partial charge in [0.2, 0.25) is 5.91 Å². The number of nitrogens with one attached hydrogen (secondary N) is 1. The lowest BCUT2D eigenvalue weighted by atomic mass is 9.93. The lowest BCUT2D eigenvalue weighted by molar-refractivity contribution is -0.129. The molecule has 0 aromatic carbocycles. The van der Waals surface area contributed by atoms with Crippen LogP contribution in [0, 0.1) is 5.92 Å². The molecular weight excluding hydrogens is 242 g/mol. The predicted octanol–water partition coefficient (Wildman–Crippen LogP) is -2.15. The maximum Gasteiger partial charge on any atom is 0.246 e. The van der Waals surface area contributed by atoms with E-state index in [1.54, 1.807) is 13.8 Å². The first-order valence-corrected chi connectivity index (χ1v) is 5.79. The van der Waals surface area contributed by atoms with Crippen LogP contribution in [0.15, 0.2) is 0 Å². The summed E-state index contributed by atoms with van der Waals surface area (Å²) in [5.74, 6) is -1.22. The Morgan fingerprint density at radius 3 is 2.17 bits per heavy atom. The van der Waals surface area contributed by atoms with Crippen molar-refractivity contribution in [2.75, 3.05) is 20.3 Å². The fourth-order valence-corrected chi connectivity index (χ4v) is 1.52. The molecule has 0 fully saturated rings. The van der Waals surface area contributed by atoms with Crippen LogP contribution in [0.5, 0.6) is 0 Å². The molecule has 0 bridgehead atoms. The summed E-state index contributed by atoms with van der Waals surface area (Å²) in [6.07, 6.45) is -3.08. The van der Waals surface area contributed by atoms with Crippen molar-refractivity contribution in [3.8, 4) is 0 Å². The third-order valence-electron chi connectivity index (χ3n) is 2.94. The molecule has 0 rings (SSSR count). The molecule has 0 aromatic heterocycles. The Hall–Kier alpha value is -0.730. The predicted molar refractivity (Wildman–Crippen MR) is 63.8 cm³/mol. The number of amides is 1. The molecule has 0 aliphatic heterocycles. The maximum absolute atomic E-state index is 11.2. The molecule has 0 aromatic rings. The van der Waals surface area contributed by atoms with E-state index in [4.69, 9.17) is 14.9 Å². The van der Waals surface area contributed by atoms with Gasteiger partial charge in [0.05, 0.1) is 18.2 Å². The first kappa shape index (κ1) is 17.3. The Bertz CT molecular complexity index is 250. The van der Waals surface area contributed by atoms with Gasteiger partial charge in [-0.25, -0.2) is 0 Å². The zero-order chi connectivity index (χ0) is 14.3. The molecule has 0 saturated carbocycles. The molecule has 7 nitrogen and oxygen atoms in total. The Balaban J connectivity index is 4.78. The van der Waals surface area contributed by atoms with E-state index in [-0.39, 0.29) is 6.61 Å². The number of hydrogen-bond acceptors (Lipinski definition) is 6. The van der Waals surface area contributed by atoms with Crippen molar-refractivity contribution in [1.29, 1.82) is 0 Å². The van der Waals surface area contributed by atoms with Crippen LogP contribution in [-0.4, -0.2) is 71.0 Å². The van der Waals surface area contributed by atoms with Gasteiger partial charge in [0.1, 0.15) is 12.7 Å². The first-order chi connectivity index (χ1) is 8.38. The molecule has 18 heavy (non-hydrogen) atoms. The Labute approximate surface area is 106 Å². The van der Waals surface area contributed by atoms with Crippen LogP contribution >= 0.6 is 0 Å². The summed E-state index contributed by atoms with van der Waals surface area (Å²) in [6, 6.07) is -0.876.